The van der Waals surface area contributed by atoms with Crippen LogP contribution in [0.25, 0.3) is 0 Å². The van der Waals surface area contributed by atoms with E-state index in [1.165, 1.54) is 0 Å². The number of aryl methyl sites for hydroxylation is 1. The van der Waals surface area contributed by atoms with Crippen LogP contribution in [0.4, 0.5) is 5.69 Å². The Morgan fingerprint density at radius 3 is 2.62 bits per heavy atom. The number of phenols is 1. The van der Waals surface area contributed by atoms with Crippen LogP contribution in [0.3, 0.4) is 0 Å². The number of ether oxygens (including phenoxy) is 1. The molecule has 0 fully saturated rings. The number of phenolic OH excluding ortho intramolecular Hbond substituents is 1. The Balaban J connectivity index is 1.39. The molecule has 37 heavy (non-hydrogen) atoms. The number of carbonyl (C=O) groups is 2. The smallest absolute Gasteiger partial charge is 0.237 e. The highest BCUT2D eigenvalue weighted by Crippen LogP contribution is 2.38. The molecule has 0 aromatic heterocycles. The van der Waals surface area contributed by atoms with E-state index < -0.39 is 6.04 Å². The molecule has 0 radical (unpaired) electrons. The van der Waals surface area contributed by atoms with Gasteiger partial charge in [0.1, 0.15) is 17.2 Å². The van der Waals surface area contributed by atoms with E-state index in [0.29, 0.717) is 42.5 Å². The van der Waals surface area contributed by atoms with Crippen LogP contribution in [-0.2, 0) is 22.4 Å². The lowest BCUT2D eigenvalue weighted by molar-refractivity contribution is -0.123. The molecule has 0 aliphatic carbocycles. The van der Waals surface area contributed by atoms with E-state index in [-0.39, 0.29) is 23.6 Å². The summed E-state index contributed by atoms with van der Waals surface area (Å²) in [7, 11) is 0. The summed E-state index contributed by atoms with van der Waals surface area (Å²) in [6.07, 6.45) is 1.89. The molecule has 8 heteroatoms. The first-order valence-electron chi connectivity index (χ1n) is 12.5. The fourth-order valence-corrected chi connectivity index (χ4v) is 5.40. The van der Waals surface area contributed by atoms with Crippen molar-refractivity contribution in [3.8, 4) is 17.2 Å². The average molecular weight is 520 g/mol. The lowest BCUT2D eigenvalue weighted by atomic mass is 9.93. The van der Waals surface area contributed by atoms with Crippen molar-refractivity contribution < 1.29 is 19.4 Å². The van der Waals surface area contributed by atoms with Gasteiger partial charge in [0.25, 0.3) is 0 Å². The molecule has 2 amide bonds. The van der Waals surface area contributed by atoms with E-state index in [1.54, 1.807) is 48.2 Å². The number of hydrogen-bond acceptors (Lipinski definition) is 5. The number of anilines is 1. The highest BCUT2D eigenvalue weighted by molar-refractivity contribution is 6.30. The Morgan fingerprint density at radius 2 is 1.86 bits per heavy atom. The summed E-state index contributed by atoms with van der Waals surface area (Å²) < 4.78 is 6.04. The molecule has 5 rings (SSSR count). The number of fused-ring (bicyclic) bond motifs is 2. The van der Waals surface area contributed by atoms with Gasteiger partial charge in [0.05, 0.1) is 12.1 Å². The number of hydrogen-bond donors (Lipinski definition) is 3. The maximum absolute atomic E-state index is 13.5. The van der Waals surface area contributed by atoms with E-state index in [1.807, 2.05) is 25.1 Å². The summed E-state index contributed by atoms with van der Waals surface area (Å²) in [5.74, 6) is 1.38. The van der Waals surface area contributed by atoms with Crippen LogP contribution in [-0.4, -0.2) is 36.1 Å². The molecule has 7 nitrogen and oxygen atoms in total. The van der Waals surface area contributed by atoms with Gasteiger partial charge in [0.2, 0.25) is 11.8 Å². The second-order valence-electron chi connectivity index (χ2n) is 9.66. The average Bonchev–Trinajstić information content (AvgIpc) is 3.08. The molecule has 0 saturated heterocycles. The van der Waals surface area contributed by atoms with Gasteiger partial charge < -0.3 is 25.4 Å². The zero-order chi connectivity index (χ0) is 26.1. The van der Waals surface area contributed by atoms with E-state index in [0.717, 1.165) is 34.4 Å². The van der Waals surface area contributed by atoms with Crippen LogP contribution in [0.5, 0.6) is 17.2 Å². The van der Waals surface area contributed by atoms with Gasteiger partial charge in [0, 0.05) is 29.7 Å². The molecule has 0 bridgehead atoms. The van der Waals surface area contributed by atoms with Crippen molar-refractivity contribution in [3.63, 3.8) is 0 Å². The maximum atomic E-state index is 13.5. The molecule has 3 N–H and O–H groups in total. The fraction of sp³-hybridized carbons (Fsp3) is 0.310. The summed E-state index contributed by atoms with van der Waals surface area (Å²) in [4.78, 5) is 27.6. The highest BCUT2D eigenvalue weighted by Gasteiger charge is 2.31. The Morgan fingerprint density at radius 1 is 1.11 bits per heavy atom. The number of amides is 2. The second kappa shape index (κ2) is 10.4. The number of aromatic hydroxyl groups is 1. The topological polar surface area (TPSA) is 90.9 Å². The minimum absolute atomic E-state index is 0.0434. The van der Waals surface area contributed by atoms with Gasteiger partial charge in [-0.05, 0) is 104 Å². The predicted octanol–water partition coefficient (Wildman–Crippen LogP) is 4.82. The van der Waals surface area contributed by atoms with Crippen molar-refractivity contribution in [2.45, 2.75) is 45.2 Å². The van der Waals surface area contributed by atoms with Crippen molar-refractivity contribution in [2.24, 2.45) is 0 Å². The third kappa shape index (κ3) is 5.43. The third-order valence-electron chi connectivity index (χ3n) is 7.11. The molecule has 0 spiro atoms. The molecular weight excluding hydrogens is 490 g/mol. The van der Waals surface area contributed by atoms with Gasteiger partial charge in [-0.15, -0.1) is 0 Å². The highest BCUT2D eigenvalue weighted by atomic mass is 35.5. The molecule has 3 aromatic carbocycles. The summed E-state index contributed by atoms with van der Waals surface area (Å²) in [5, 5.41) is 17.2. The number of benzene rings is 3. The molecule has 3 aromatic rings. The van der Waals surface area contributed by atoms with Crippen molar-refractivity contribution in [3.05, 3.63) is 81.9 Å². The van der Waals surface area contributed by atoms with Crippen molar-refractivity contribution in [1.82, 2.24) is 10.6 Å². The molecule has 2 atom stereocenters. The van der Waals surface area contributed by atoms with Gasteiger partial charge in [-0.25, -0.2) is 0 Å². The first kappa shape index (κ1) is 25.1. The van der Waals surface area contributed by atoms with E-state index in [4.69, 9.17) is 16.3 Å². The SMILES string of the molecule is CC(=O)N1CCC(NC(=O)C2Cc3c(C)cc(O)cc3CCN2)c2cc(Oc3ccc(Cl)cc3)ccc21. The number of nitrogens with zero attached hydrogens (tertiary/aromatic N) is 1. The first-order valence-corrected chi connectivity index (χ1v) is 12.9. The molecule has 2 aliphatic rings. The van der Waals surface area contributed by atoms with Crippen molar-refractivity contribution in [1.29, 1.82) is 0 Å². The van der Waals surface area contributed by atoms with E-state index in [2.05, 4.69) is 10.6 Å². The van der Waals surface area contributed by atoms with Gasteiger partial charge >= 0.3 is 0 Å². The van der Waals surface area contributed by atoms with Crippen LogP contribution in [0.2, 0.25) is 5.02 Å². The zero-order valence-corrected chi connectivity index (χ0v) is 21.6. The van der Waals surface area contributed by atoms with Gasteiger partial charge in [0.15, 0.2) is 0 Å². The van der Waals surface area contributed by atoms with Crippen LogP contribution in [0, 0.1) is 6.92 Å². The maximum Gasteiger partial charge on any atom is 0.237 e. The zero-order valence-electron chi connectivity index (χ0n) is 20.9. The van der Waals surface area contributed by atoms with Crippen LogP contribution >= 0.6 is 11.6 Å². The van der Waals surface area contributed by atoms with Gasteiger partial charge in [-0.1, -0.05) is 11.6 Å². The normalized spacial score (nSPS) is 18.8. The van der Waals surface area contributed by atoms with Crippen LogP contribution in [0.1, 0.15) is 41.6 Å². The van der Waals surface area contributed by atoms with Crippen LogP contribution in [0.15, 0.2) is 54.6 Å². The second-order valence-corrected chi connectivity index (χ2v) is 10.1. The summed E-state index contributed by atoms with van der Waals surface area (Å²) in [5.41, 5.74) is 4.78. The largest absolute Gasteiger partial charge is 0.508 e. The summed E-state index contributed by atoms with van der Waals surface area (Å²) in [6.45, 7) is 4.68. The minimum atomic E-state index is -0.396. The number of carbonyl (C=O) groups excluding carboxylic acids is 2. The predicted molar refractivity (Wildman–Crippen MR) is 144 cm³/mol. The molecule has 2 unspecified atom stereocenters. The Bertz CT molecular complexity index is 1340. The standard InChI is InChI=1S/C29H30ClN3O4/c1-17-13-21(35)14-19-9-11-31-27(16-24(17)19)29(36)32-26-10-12-33(18(2)34)28-8-7-23(15-25(26)28)37-22-5-3-20(30)4-6-22/h3-8,13-15,26-27,31,35H,9-12,16H2,1-2H3,(H,32,36). The molecule has 0 saturated carbocycles. The number of rotatable bonds is 4. The van der Waals surface area contributed by atoms with Crippen LogP contribution < -0.4 is 20.3 Å². The minimum Gasteiger partial charge on any atom is -0.508 e. The van der Waals surface area contributed by atoms with Crippen molar-refractivity contribution in [2.75, 3.05) is 18.0 Å². The van der Waals surface area contributed by atoms with Gasteiger partial charge in [-0.2, -0.15) is 0 Å². The Hall–Kier alpha value is -3.55. The number of nitrogens with one attached hydrogen (secondary N) is 2. The first-order chi connectivity index (χ1) is 17.8. The summed E-state index contributed by atoms with van der Waals surface area (Å²) in [6, 6.07) is 15.6. The Kier molecular flexibility index (Phi) is 7.09. The lowest BCUT2D eigenvalue weighted by Crippen LogP contribution is -2.48. The van der Waals surface area contributed by atoms with Gasteiger partial charge in [-0.3, -0.25) is 9.59 Å². The monoisotopic (exact) mass is 519 g/mol. The van der Waals surface area contributed by atoms with E-state index >= 15 is 0 Å². The summed E-state index contributed by atoms with van der Waals surface area (Å²) >= 11 is 5.99. The third-order valence-corrected chi connectivity index (χ3v) is 7.36. The quantitative estimate of drug-likeness (QED) is 0.460. The lowest BCUT2D eigenvalue weighted by Gasteiger charge is -2.35. The Labute approximate surface area is 221 Å². The molecule has 2 heterocycles. The molecule has 2 aliphatic heterocycles. The molecular formula is C29H30ClN3O4. The molecule has 192 valence electrons. The number of halogens is 1. The van der Waals surface area contributed by atoms with E-state index in [9.17, 15) is 14.7 Å². The fourth-order valence-electron chi connectivity index (χ4n) is 5.27. The van der Waals surface area contributed by atoms with Crippen molar-refractivity contribution >= 4 is 29.1 Å².